The van der Waals surface area contributed by atoms with E-state index in [4.69, 9.17) is 4.74 Å². The van der Waals surface area contributed by atoms with Crippen molar-refractivity contribution < 1.29 is 13.9 Å². The zero-order valence-electron chi connectivity index (χ0n) is 16.8. The number of anilines is 4. The number of pyridine rings is 1. The second-order valence-corrected chi connectivity index (χ2v) is 7.38. The number of morpholine rings is 1. The molecule has 2 aliphatic heterocycles. The van der Waals surface area contributed by atoms with Crippen molar-refractivity contribution in [1.82, 2.24) is 19.9 Å². The minimum Gasteiger partial charge on any atom is -0.378 e. The van der Waals surface area contributed by atoms with Crippen LogP contribution in [0, 0.1) is 5.82 Å². The zero-order valence-corrected chi connectivity index (χ0v) is 16.8. The smallest absolute Gasteiger partial charge is 0.256 e. The third-order valence-corrected chi connectivity index (χ3v) is 5.41. The minimum absolute atomic E-state index is 0.0756. The summed E-state index contributed by atoms with van der Waals surface area (Å²) in [5.74, 6) is 0.330. The summed E-state index contributed by atoms with van der Waals surface area (Å²) in [7, 11) is 0. The number of ether oxygens (including phenoxy) is 1. The quantitative estimate of drug-likeness (QED) is 0.695. The van der Waals surface area contributed by atoms with Crippen molar-refractivity contribution in [3.05, 3.63) is 65.9 Å². The number of carbonyl (C=O) groups is 1. The van der Waals surface area contributed by atoms with Crippen LogP contribution in [0.5, 0.6) is 0 Å². The number of nitrogens with zero attached hydrogens (tertiary/aromatic N) is 5. The number of hydrogen-bond donors (Lipinski definition) is 1. The van der Waals surface area contributed by atoms with Gasteiger partial charge in [0.05, 0.1) is 30.7 Å². The van der Waals surface area contributed by atoms with E-state index in [9.17, 15) is 9.18 Å². The Labute approximate surface area is 178 Å². The molecule has 1 fully saturated rings. The summed E-state index contributed by atoms with van der Waals surface area (Å²) in [6.45, 7) is 2.57. The lowest BCUT2D eigenvalue weighted by molar-refractivity contribution is 0.0300. The van der Waals surface area contributed by atoms with E-state index < -0.39 is 5.82 Å². The van der Waals surface area contributed by atoms with Crippen LogP contribution >= 0.6 is 0 Å². The topological polar surface area (TPSA) is 83.5 Å². The SMILES string of the molecule is O=C(c1ccc(N2CCc3cnc(Nc4cccnc4)nc32)cc1F)N1CCOCC1. The van der Waals surface area contributed by atoms with E-state index in [-0.39, 0.29) is 11.5 Å². The van der Waals surface area contributed by atoms with Crippen molar-refractivity contribution in [2.75, 3.05) is 43.1 Å². The Hall–Kier alpha value is -3.59. The lowest BCUT2D eigenvalue weighted by atomic mass is 10.1. The van der Waals surface area contributed by atoms with Gasteiger partial charge in [0.2, 0.25) is 5.95 Å². The van der Waals surface area contributed by atoms with Gasteiger partial charge in [-0.2, -0.15) is 4.98 Å². The molecular weight excluding hydrogens is 399 g/mol. The molecule has 0 spiro atoms. The van der Waals surface area contributed by atoms with Gasteiger partial charge in [0.25, 0.3) is 5.91 Å². The van der Waals surface area contributed by atoms with Gasteiger partial charge in [-0.3, -0.25) is 9.78 Å². The molecule has 0 aliphatic carbocycles. The van der Waals surface area contributed by atoms with E-state index in [1.54, 1.807) is 35.6 Å². The van der Waals surface area contributed by atoms with Gasteiger partial charge >= 0.3 is 0 Å². The number of halogens is 1. The largest absolute Gasteiger partial charge is 0.378 e. The van der Waals surface area contributed by atoms with E-state index in [2.05, 4.69) is 20.3 Å². The normalized spacial score (nSPS) is 15.6. The Morgan fingerprint density at radius 3 is 2.77 bits per heavy atom. The van der Waals surface area contributed by atoms with Crippen LogP contribution in [0.15, 0.2) is 48.9 Å². The van der Waals surface area contributed by atoms with E-state index in [0.717, 1.165) is 23.5 Å². The molecule has 0 radical (unpaired) electrons. The second kappa shape index (κ2) is 8.27. The number of carbonyl (C=O) groups excluding carboxylic acids is 1. The summed E-state index contributed by atoms with van der Waals surface area (Å²) in [6.07, 6.45) is 5.93. The Bertz CT molecular complexity index is 1100. The first-order valence-corrected chi connectivity index (χ1v) is 10.2. The monoisotopic (exact) mass is 420 g/mol. The van der Waals surface area contributed by atoms with E-state index in [1.165, 1.54) is 6.07 Å². The fourth-order valence-electron chi connectivity index (χ4n) is 3.81. The van der Waals surface area contributed by atoms with Crippen molar-refractivity contribution in [2.45, 2.75) is 6.42 Å². The summed E-state index contributed by atoms with van der Waals surface area (Å²) in [5, 5.41) is 3.13. The summed E-state index contributed by atoms with van der Waals surface area (Å²) in [5.41, 5.74) is 2.50. The highest BCUT2D eigenvalue weighted by molar-refractivity contribution is 5.95. The van der Waals surface area contributed by atoms with Crippen LogP contribution in [0.3, 0.4) is 0 Å². The van der Waals surface area contributed by atoms with Gasteiger partial charge in [-0.25, -0.2) is 9.37 Å². The van der Waals surface area contributed by atoms with Gasteiger partial charge in [-0.1, -0.05) is 0 Å². The van der Waals surface area contributed by atoms with Crippen LogP contribution in [0.25, 0.3) is 0 Å². The molecule has 5 rings (SSSR count). The average Bonchev–Trinajstić information content (AvgIpc) is 3.23. The minimum atomic E-state index is -0.537. The van der Waals surface area contributed by atoms with Crippen molar-refractivity contribution in [1.29, 1.82) is 0 Å². The van der Waals surface area contributed by atoms with Crippen LogP contribution < -0.4 is 10.2 Å². The first kappa shape index (κ1) is 19.4. The zero-order chi connectivity index (χ0) is 21.2. The number of hydrogen-bond acceptors (Lipinski definition) is 7. The highest BCUT2D eigenvalue weighted by atomic mass is 19.1. The predicted molar refractivity (Wildman–Crippen MR) is 113 cm³/mol. The van der Waals surface area contributed by atoms with Crippen molar-refractivity contribution in [2.24, 2.45) is 0 Å². The molecule has 2 aliphatic rings. The molecule has 1 amide bonds. The van der Waals surface area contributed by atoms with Crippen LogP contribution in [0.1, 0.15) is 15.9 Å². The average molecular weight is 420 g/mol. The van der Waals surface area contributed by atoms with Crippen molar-refractivity contribution in [3.8, 4) is 0 Å². The van der Waals surface area contributed by atoms with Gasteiger partial charge in [0.15, 0.2) is 0 Å². The molecule has 1 N–H and O–H groups in total. The maximum atomic E-state index is 14.9. The van der Waals surface area contributed by atoms with Gasteiger partial charge in [-0.15, -0.1) is 0 Å². The number of aromatic nitrogens is 3. The molecule has 9 heteroatoms. The van der Waals surface area contributed by atoms with Crippen molar-refractivity contribution >= 4 is 29.0 Å². The Morgan fingerprint density at radius 2 is 2.00 bits per heavy atom. The fourth-order valence-corrected chi connectivity index (χ4v) is 3.81. The standard InChI is InChI=1S/C22H21FN6O2/c23-19-12-17(3-4-18(19)21(30)28-8-10-31-11-9-28)29-7-5-15-13-25-22(27-20(15)29)26-16-2-1-6-24-14-16/h1-4,6,12-14H,5,7-11H2,(H,25,26,27). The summed E-state index contributed by atoms with van der Waals surface area (Å²) >= 11 is 0. The molecule has 4 heterocycles. The molecule has 0 saturated carbocycles. The third kappa shape index (κ3) is 3.91. The molecule has 31 heavy (non-hydrogen) atoms. The molecule has 0 unspecified atom stereocenters. The molecule has 0 bridgehead atoms. The Morgan fingerprint density at radius 1 is 1.13 bits per heavy atom. The molecule has 1 aromatic carbocycles. The predicted octanol–water partition coefficient (Wildman–Crippen LogP) is 2.92. The van der Waals surface area contributed by atoms with Gasteiger partial charge in [0.1, 0.15) is 11.6 Å². The number of benzene rings is 1. The van der Waals surface area contributed by atoms with Crippen LogP contribution in [-0.2, 0) is 11.2 Å². The number of amides is 1. The Balaban J connectivity index is 1.39. The highest BCUT2D eigenvalue weighted by Crippen LogP contribution is 2.34. The van der Waals surface area contributed by atoms with Crippen LogP contribution in [0.2, 0.25) is 0 Å². The first-order chi connectivity index (χ1) is 15.2. The molecule has 3 aromatic rings. The summed E-state index contributed by atoms with van der Waals surface area (Å²) < 4.78 is 20.2. The van der Waals surface area contributed by atoms with Gasteiger partial charge < -0.3 is 19.9 Å². The second-order valence-electron chi connectivity index (χ2n) is 7.38. The Kier molecular flexibility index (Phi) is 5.17. The lowest BCUT2D eigenvalue weighted by Crippen LogP contribution is -2.41. The van der Waals surface area contributed by atoms with Gasteiger partial charge in [0, 0.05) is 43.3 Å². The van der Waals surface area contributed by atoms with E-state index in [0.29, 0.717) is 44.5 Å². The first-order valence-electron chi connectivity index (χ1n) is 10.2. The number of rotatable bonds is 4. The van der Waals surface area contributed by atoms with Crippen LogP contribution in [0.4, 0.5) is 27.5 Å². The number of fused-ring (bicyclic) bond motifs is 1. The lowest BCUT2D eigenvalue weighted by Gasteiger charge is -2.27. The molecule has 158 valence electrons. The molecule has 1 saturated heterocycles. The maximum Gasteiger partial charge on any atom is 0.256 e. The van der Waals surface area contributed by atoms with Crippen LogP contribution in [-0.4, -0.2) is 58.6 Å². The van der Waals surface area contributed by atoms with Crippen molar-refractivity contribution in [3.63, 3.8) is 0 Å². The van der Waals surface area contributed by atoms with E-state index in [1.807, 2.05) is 17.0 Å². The van der Waals surface area contributed by atoms with Gasteiger partial charge in [-0.05, 0) is 36.8 Å². The molecule has 8 nitrogen and oxygen atoms in total. The summed E-state index contributed by atoms with van der Waals surface area (Å²) in [4.78, 5) is 29.3. The van der Waals surface area contributed by atoms with E-state index >= 15 is 0 Å². The molecule has 0 atom stereocenters. The highest BCUT2D eigenvalue weighted by Gasteiger charge is 2.26. The summed E-state index contributed by atoms with van der Waals surface area (Å²) in [6, 6.07) is 8.42. The molecular formula is C22H21FN6O2. The maximum absolute atomic E-state index is 14.9. The number of nitrogens with one attached hydrogen (secondary N) is 1. The third-order valence-electron chi connectivity index (χ3n) is 5.41. The fraction of sp³-hybridized carbons (Fsp3) is 0.273. The molecule has 2 aromatic heterocycles.